The Bertz CT molecular complexity index is 1510. The normalized spacial score (nSPS) is 13.7. The maximum absolute atomic E-state index is 14.7. The third-order valence-electron chi connectivity index (χ3n) is 6.56. The predicted molar refractivity (Wildman–Crippen MR) is 135 cm³/mol. The molecule has 0 saturated carbocycles. The first-order chi connectivity index (χ1) is 17.4. The summed E-state index contributed by atoms with van der Waals surface area (Å²) in [5.74, 6) is -1.08. The van der Waals surface area contributed by atoms with Crippen molar-refractivity contribution in [2.45, 2.75) is 13.3 Å². The Hall–Kier alpha value is -4.33. The van der Waals surface area contributed by atoms with Crippen LogP contribution in [0.1, 0.15) is 37.5 Å². The molecule has 2 heterocycles. The Balaban J connectivity index is 1.30. The van der Waals surface area contributed by atoms with Crippen LogP contribution in [0.25, 0.3) is 10.8 Å². The molecule has 7 nitrogen and oxygen atoms in total. The molecule has 182 valence electrons. The van der Waals surface area contributed by atoms with E-state index in [1.807, 2.05) is 31.2 Å². The van der Waals surface area contributed by atoms with Crippen molar-refractivity contribution in [3.8, 4) is 0 Å². The van der Waals surface area contributed by atoms with Crippen LogP contribution in [-0.4, -0.2) is 58.0 Å². The van der Waals surface area contributed by atoms with Gasteiger partial charge >= 0.3 is 0 Å². The molecule has 36 heavy (non-hydrogen) atoms. The largest absolute Gasteiger partial charge is 0.335 e. The molecule has 1 aliphatic heterocycles. The molecular formula is C28H25FN4O3. The number of amides is 2. The van der Waals surface area contributed by atoms with E-state index < -0.39 is 11.7 Å². The number of fused-ring (bicyclic) bond motifs is 1. The zero-order valence-corrected chi connectivity index (χ0v) is 19.8. The van der Waals surface area contributed by atoms with Crippen molar-refractivity contribution in [1.29, 1.82) is 0 Å². The van der Waals surface area contributed by atoms with Crippen LogP contribution >= 0.6 is 0 Å². The number of aromatic amines is 1. The molecule has 0 radical (unpaired) electrons. The van der Waals surface area contributed by atoms with Crippen molar-refractivity contribution in [2.24, 2.45) is 0 Å². The van der Waals surface area contributed by atoms with Crippen LogP contribution < -0.4 is 5.56 Å². The highest BCUT2D eigenvalue weighted by molar-refractivity contribution is 5.96. The number of hydrogen-bond donors (Lipinski definition) is 1. The van der Waals surface area contributed by atoms with Gasteiger partial charge in [-0.1, -0.05) is 42.0 Å². The smallest absolute Gasteiger partial charge is 0.272 e. The number of carbonyl (C=O) groups excluding carboxylic acids is 2. The van der Waals surface area contributed by atoms with E-state index in [0.29, 0.717) is 60.2 Å². The van der Waals surface area contributed by atoms with Gasteiger partial charge < -0.3 is 9.80 Å². The number of H-pyrrole nitrogens is 1. The lowest BCUT2D eigenvalue weighted by Gasteiger charge is -2.35. The molecule has 1 aromatic heterocycles. The lowest BCUT2D eigenvalue weighted by molar-refractivity contribution is 0.0532. The van der Waals surface area contributed by atoms with E-state index in [4.69, 9.17) is 0 Å². The molecule has 1 aliphatic rings. The zero-order valence-electron chi connectivity index (χ0n) is 19.8. The highest BCUT2D eigenvalue weighted by atomic mass is 19.1. The van der Waals surface area contributed by atoms with E-state index in [1.165, 1.54) is 6.07 Å². The molecule has 1 N–H and O–H groups in total. The summed E-state index contributed by atoms with van der Waals surface area (Å²) < 4.78 is 14.7. The van der Waals surface area contributed by atoms with Crippen molar-refractivity contribution in [3.63, 3.8) is 0 Å². The topological polar surface area (TPSA) is 86.4 Å². The van der Waals surface area contributed by atoms with Crippen molar-refractivity contribution in [2.75, 3.05) is 26.2 Å². The second kappa shape index (κ2) is 9.73. The summed E-state index contributed by atoms with van der Waals surface area (Å²) in [6.07, 6.45) is 0.330. The average molecular weight is 485 g/mol. The number of rotatable bonds is 4. The minimum Gasteiger partial charge on any atom is -0.335 e. The highest BCUT2D eigenvalue weighted by Crippen LogP contribution is 2.20. The number of carbonyl (C=O) groups is 2. The molecular weight excluding hydrogens is 459 g/mol. The van der Waals surface area contributed by atoms with Gasteiger partial charge in [0.2, 0.25) is 0 Å². The second-order valence-electron chi connectivity index (χ2n) is 8.99. The number of aromatic nitrogens is 2. The number of halogens is 1. The minimum atomic E-state index is -0.596. The molecule has 1 saturated heterocycles. The molecule has 3 aromatic carbocycles. The van der Waals surface area contributed by atoms with Crippen LogP contribution in [0.5, 0.6) is 0 Å². The molecule has 8 heteroatoms. The standard InChI is InChI=1S/C28H25FN4O3/c1-18-6-9-20(10-7-18)27(35)32-12-14-33(15-13-32)28(36)23-16-19(8-11-24(23)29)17-25-21-4-2-3-5-22(21)26(34)31-30-25/h2-11,16H,12-15,17H2,1H3,(H,31,34). The average Bonchev–Trinajstić information content (AvgIpc) is 2.91. The quantitative estimate of drug-likeness (QED) is 0.480. The van der Waals surface area contributed by atoms with E-state index in [9.17, 15) is 18.8 Å². The lowest BCUT2D eigenvalue weighted by atomic mass is 10.0. The molecule has 5 rings (SSSR count). The summed E-state index contributed by atoms with van der Waals surface area (Å²) in [5, 5.41) is 7.93. The number of nitrogens with one attached hydrogen (secondary N) is 1. The summed E-state index contributed by atoms with van der Waals surface area (Å²) in [7, 11) is 0. The number of aryl methyl sites for hydroxylation is 1. The van der Waals surface area contributed by atoms with Crippen molar-refractivity contribution in [3.05, 3.63) is 111 Å². The molecule has 4 aromatic rings. The molecule has 1 fully saturated rings. The summed E-state index contributed by atoms with van der Waals surface area (Å²) in [6, 6.07) is 19.0. The Labute approximate surface area is 207 Å². The Kier molecular flexibility index (Phi) is 6.33. The molecule has 0 unspecified atom stereocenters. The molecule has 0 bridgehead atoms. The van der Waals surface area contributed by atoms with Gasteiger partial charge in [0.15, 0.2) is 0 Å². The van der Waals surface area contributed by atoms with Gasteiger partial charge in [0, 0.05) is 43.5 Å². The number of benzene rings is 3. The van der Waals surface area contributed by atoms with Crippen LogP contribution in [0, 0.1) is 12.7 Å². The third kappa shape index (κ3) is 4.62. The minimum absolute atomic E-state index is 0.0143. The maximum Gasteiger partial charge on any atom is 0.272 e. The Morgan fingerprint density at radius 1 is 0.889 bits per heavy atom. The van der Waals surface area contributed by atoms with E-state index in [1.54, 1.807) is 46.2 Å². The number of piperazine rings is 1. The third-order valence-corrected chi connectivity index (χ3v) is 6.56. The monoisotopic (exact) mass is 484 g/mol. The van der Waals surface area contributed by atoms with E-state index in [2.05, 4.69) is 10.2 Å². The Morgan fingerprint density at radius 3 is 2.22 bits per heavy atom. The van der Waals surface area contributed by atoms with Crippen molar-refractivity contribution >= 4 is 22.6 Å². The van der Waals surface area contributed by atoms with Crippen LogP contribution in [0.2, 0.25) is 0 Å². The number of nitrogens with zero attached hydrogens (tertiary/aromatic N) is 3. The van der Waals surface area contributed by atoms with Crippen LogP contribution in [0.4, 0.5) is 4.39 Å². The van der Waals surface area contributed by atoms with E-state index in [-0.39, 0.29) is 17.0 Å². The van der Waals surface area contributed by atoms with Crippen LogP contribution in [0.15, 0.2) is 71.5 Å². The predicted octanol–water partition coefficient (Wildman–Crippen LogP) is 3.56. The van der Waals surface area contributed by atoms with E-state index >= 15 is 0 Å². The van der Waals surface area contributed by atoms with Crippen molar-refractivity contribution < 1.29 is 14.0 Å². The molecule has 0 atom stereocenters. The van der Waals surface area contributed by atoms with Crippen molar-refractivity contribution in [1.82, 2.24) is 20.0 Å². The van der Waals surface area contributed by atoms with E-state index in [0.717, 1.165) is 5.56 Å². The van der Waals surface area contributed by atoms with Crippen LogP contribution in [0.3, 0.4) is 0 Å². The van der Waals surface area contributed by atoms with Gasteiger partial charge in [-0.25, -0.2) is 9.49 Å². The van der Waals surface area contributed by atoms with Crippen LogP contribution in [-0.2, 0) is 6.42 Å². The van der Waals surface area contributed by atoms with Gasteiger partial charge in [0.05, 0.1) is 16.6 Å². The van der Waals surface area contributed by atoms with Gasteiger partial charge in [-0.15, -0.1) is 0 Å². The fourth-order valence-electron chi connectivity index (χ4n) is 4.51. The number of hydrogen-bond acceptors (Lipinski definition) is 4. The van der Waals surface area contributed by atoms with Gasteiger partial charge in [-0.3, -0.25) is 14.4 Å². The fraction of sp³-hybridized carbons (Fsp3) is 0.214. The highest BCUT2D eigenvalue weighted by Gasteiger charge is 2.27. The molecule has 0 spiro atoms. The maximum atomic E-state index is 14.7. The van der Waals surface area contributed by atoms with Gasteiger partial charge in [0.25, 0.3) is 17.4 Å². The van der Waals surface area contributed by atoms with Gasteiger partial charge in [-0.05, 0) is 42.8 Å². The van der Waals surface area contributed by atoms with Gasteiger partial charge in [0.1, 0.15) is 5.82 Å². The first-order valence-corrected chi connectivity index (χ1v) is 11.8. The second-order valence-corrected chi connectivity index (χ2v) is 8.99. The molecule has 0 aliphatic carbocycles. The fourth-order valence-corrected chi connectivity index (χ4v) is 4.51. The summed E-state index contributed by atoms with van der Waals surface area (Å²) >= 11 is 0. The Morgan fingerprint density at radius 2 is 1.53 bits per heavy atom. The lowest BCUT2D eigenvalue weighted by Crippen LogP contribution is -2.50. The summed E-state index contributed by atoms with van der Waals surface area (Å²) in [4.78, 5) is 41.3. The first-order valence-electron chi connectivity index (χ1n) is 11.8. The zero-order chi connectivity index (χ0) is 25.2. The molecule has 2 amide bonds. The first kappa shape index (κ1) is 23.4. The summed E-state index contributed by atoms with van der Waals surface area (Å²) in [6.45, 7) is 3.38. The van der Waals surface area contributed by atoms with Gasteiger partial charge in [-0.2, -0.15) is 5.10 Å². The summed E-state index contributed by atoms with van der Waals surface area (Å²) in [5.41, 5.74) is 2.75. The SMILES string of the molecule is Cc1ccc(C(=O)N2CCN(C(=O)c3cc(Cc4n[nH]c(=O)c5ccccc45)ccc3F)CC2)cc1.